The zero-order chi connectivity index (χ0) is 13.8. The minimum absolute atomic E-state index is 0.0342. The Kier molecular flexibility index (Phi) is 4.69. The highest BCUT2D eigenvalue weighted by atomic mass is 35.5. The van der Waals surface area contributed by atoms with E-state index >= 15 is 0 Å². The van der Waals surface area contributed by atoms with Crippen LogP contribution in [-0.2, 0) is 4.79 Å². The molecule has 0 bridgehead atoms. The number of aliphatic carboxylic acids is 1. The van der Waals surface area contributed by atoms with Gasteiger partial charge in [-0.1, -0.05) is 29.3 Å². The van der Waals surface area contributed by atoms with Crippen LogP contribution in [0.1, 0.15) is 10.8 Å². The summed E-state index contributed by atoms with van der Waals surface area (Å²) in [5, 5.41) is 9.77. The fraction of sp³-hybridized carbons (Fsp3) is 0.154. The molecule has 0 spiro atoms. The first-order chi connectivity index (χ1) is 9.06. The maximum Gasteiger partial charge on any atom is 0.315 e. The van der Waals surface area contributed by atoms with E-state index < -0.39 is 11.9 Å². The number of halogens is 2. The van der Waals surface area contributed by atoms with Crippen LogP contribution in [0, 0.1) is 0 Å². The summed E-state index contributed by atoms with van der Waals surface area (Å²) in [5.41, 5.74) is 0. The third kappa shape index (κ3) is 3.86. The number of ether oxygens (including phenoxy) is 1. The average Bonchev–Trinajstić information content (AvgIpc) is 2.76. The topological polar surface area (TPSA) is 46.5 Å². The highest BCUT2D eigenvalue weighted by Crippen LogP contribution is 2.29. The SMILES string of the molecule is O=C(O)C(COc1cccc(Cl)c1)c1ccc(Cl)s1. The molecule has 0 aliphatic rings. The monoisotopic (exact) mass is 316 g/mol. The summed E-state index contributed by atoms with van der Waals surface area (Å²) in [7, 11) is 0. The van der Waals surface area contributed by atoms with E-state index in [2.05, 4.69) is 0 Å². The molecule has 19 heavy (non-hydrogen) atoms. The second-order valence-electron chi connectivity index (χ2n) is 3.80. The van der Waals surface area contributed by atoms with Crippen LogP contribution in [-0.4, -0.2) is 17.7 Å². The maximum absolute atomic E-state index is 11.3. The zero-order valence-corrected chi connectivity index (χ0v) is 12.0. The van der Waals surface area contributed by atoms with Crippen molar-refractivity contribution in [1.82, 2.24) is 0 Å². The van der Waals surface area contributed by atoms with Crippen molar-refractivity contribution >= 4 is 40.5 Å². The Morgan fingerprint density at radius 2 is 2.11 bits per heavy atom. The predicted octanol–water partition coefficient (Wildman–Crippen LogP) is 4.30. The second-order valence-corrected chi connectivity index (χ2v) is 5.98. The number of hydrogen-bond acceptors (Lipinski definition) is 3. The third-order valence-electron chi connectivity index (χ3n) is 2.45. The molecule has 0 fully saturated rings. The molecule has 0 amide bonds. The first kappa shape index (κ1) is 14.2. The van der Waals surface area contributed by atoms with Gasteiger partial charge in [0.2, 0.25) is 0 Å². The van der Waals surface area contributed by atoms with Crippen molar-refractivity contribution < 1.29 is 14.6 Å². The smallest absolute Gasteiger partial charge is 0.315 e. The van der Waals surface area contributed by atoms with E-state index in [0.29, 0.717) is 20.0 Å². The van der Waals surface area contributed by atoms with Gasteiger partial charge in [0, 0.05) is 9.90 Å². The summed E-state index contributed by atoms with van der Waals surface area (Å²) in [4.78, 5) is 11.9. The molecule has 2 rings (SSSR count). The average molecular weight is 317 g/mol. The van der Waals surface area contributed by atoms with Crippen molar-refractivity contribution in [3.05, 3.63) is 50.6 Å². The van der Waals surface area contributed by atoms with Crippen LogP contribution in [0.25, 0.3) is 0 Å². The Morgan fingerprint density at radius 3 is 2.68 bits per heavy atom. The number of carboxylic acids is 1. The molecule has 1 heterocycles. The highest BCUT2D eigenvalue weighted by molar-refractivity contribution is 7.16. The van der Waals surface area contributed by atoms with Crippen molar-refractivity contribution in [2.75, 3.05) is 6.61 Å². The molecule has 0 saturated heterocycles. The number of hydrogen-bond donors (Lipinski definition) is 1. The van der Waals surface area contributed by atoms with Crippen molar-refractivity contribution in [3.8, 4) is 5.75 Å². The lowest BCUT2D eigenvalue weighted by atomic mass is 10.1. The first-order valence-corrected chi connectivity index (χ1v) is 7.00. The normalized spacial score (nSPS) is 12.1. The molecular weight excluding hydrogens is 307 g/mol. The molecule has 100 valence electrons. The van der Waals surface area contributed by atoms with Crippen LogP contribution in [0.2, 0.25) is 9.36 Å². The van der Waals surface area contributed by atoms with E-state index in [1.165, 1.54) is 11.3 Å². The lowest BCUT2D eigenvalue weighted by molar-refractivity contribution is -0.139. The number of carboxylic acid groups (broad SMARTS) is 1. The minimum atomic E-state index is -0.944. The van der Waals surface area contributed by atoms with Gasteiger partial charge in [-0.15, -0.1) is 11.3 Å². The second kappa shape index (κ2) is 6.28. The van der Waals surface area contributed by atoms with Crippen molar-refractivity contribution in [1.29, 1.82) is 0 Å². The summed E-state index contributed by atoms with van der Waals surface area (Å²) in [6.45, 7) is 0.0342. The van der Waals surface area contributed by atoms with Gasteiger partial charge in [0.15, 0.2) is 0 Å². The molecule has 1 aromatic carbocycles. The minimum Gasteiger partial charge on any atom is -0.492 e. The van der Waals surface area contributed by atoms with Gasteiger partial charge in [-0.3, -0.25) is 4.79 Å². The van der Waals surface area contributed by atoms with E-state index in [-0.39, 0.29) is 6.61 Å². The molecule has 2 aromatic rings. The molecule has 1 aromatic heterocycles. The van der Waals surface area contributed by atoms with Gasteiger partial charge >= 0.3 is 5.97 Å². The lowest BCUT2D eigenvalue weighted by Crippen LogP contribution is -2.18. The van der Waals surface area contributed by atoms with E-state index in [1.54, 1.807) is 36.4 Å². The van der Waals surface area contributed by atoms with Crippen LogP contribution in [0.3, 0.4) is 0 Å². The summed E-state index contributed by atoms with van der Waals surface area (Å²) < 4.78 is 6.03. The van der Waals surface area contributed by atoms with Crippen LogP contribution < -0.4 is 4.74 Å². The van der Waals surface area contributed by atoms with E-state index in [1.807, 2.05) is 0 Å². The van der Waals surface area contributed by atoms with E-state index in [4.69, 9.17) is 27.9 Å². The summed E-state index contributed by atoms with van der Waals surface area (Å²) >= 11 is 12.9. The Bertz CT molecular complexity index is 583. The van der Waals surface area contributed by atoms with Gasteiger partial charge in [-0.2, -0.15) is 0 Å². The lowest BCUT2D eigenvalue weighted by Gasteiger charge is -2.12. The van der Waals surface area contributed by atoms with E-state index in [0.717, 1.165) is 0 Å². The number of carbonyl (C=O) groups is 1. The fourth-order valence-electron chi connectivity index (χ4n) is 1.53. The Hall–Kier alpha value is -1.23. The molecule has 1 unspecified atom stereocenters. The molecule has 0 aliphatic heterocycles. The summed E-state index contributed by atoms with van der Waals surface area (Å²) in [6.07, 6.45) is 0. The largest absolute Gasteiger partial charge is 0.492 e. The molecule has 1 atom stereocenters. The fourth-order valence-corrected chi connectivity index (χ4v) is 2.85. The van der Waals surface area contributed by atoms with Gasteiger partial charge in [-0.05, 0) is 30.3 Å². The summed E-state index contributed by atoms with van der Waals surface area (Å²) in [5.74, 6) is -1.14. The number of rotatable bonds is 5. The van der Waals surface area contributed by atoms with E-state index in [9.17, 15) is 9.90 Å². The van der Waals surface area contributed by atoms with Crippen LogP contribution >= 0.6 is 34.5 Å². The van der Waals surface area contributed by atoms with Gasteiger partial charge in [0.05, 0.1) is 4.34 Å². The third-order valence-corrected chi connectivity index (χ3v) is 4.03. The van der Waals surface area contributed by atoms with Crippen molar-refractivity contribution in [2.24, 2.45) is 0 Å². The maximum atomic E-state index is 11.3. The van der Waals surface area contributed by atoms with Crippen molar-refractivity contribution in [3.63, 3.8) is 0 Å². The quantitative estimate of drug-likeness (QED) is 0.894. The van der Waals surface area contributed by atoms with Crippen LogP contribution in [0.4, 0.5) is 0 Å². The Morgan fingerprint density at radius 1 is 1.32 bits per heavy atom. The van der Waals surface area contributed by atoms with Crippen molar-refractivity contribution in [2.45, 2.75) is 5.92 Å². The predicted molar refractivity (Wildman–Crippen MR) is 76.7 cm³/mol. The first-order valence-electron chi connectivity index (χ1n) is 5.42. The van der Waals surface area contributed by atoms with Crippen LogP contribution in [0.15, 0.2) is 36.4 Å². The van der Waals surface area contributed by atoms with Gasteiger partial charge in [-0.25, -0.2) is 0 Å². The molecule has 0 aliphatic carbocycles. The molecule has 3 nitrogen and oxygen atoms in total. The Balaban J connectivity index is 2.08. The molecule has 0 saturated carbocycles. The molecule has 0 radical (unpaired) electrons. The van der Waals surface area contributed by atoms with Gasteiger partial charge < -0.3 is 9.84 Å². The van der Waals surface area contributed by atoms with Gasteiger partial charge in [0.25, 0.3) is 0 Å². The number of benzene rings is 1. The van der Waals surface area contributed by atoms with Crippen LogP contribution in [0.5, 0.6) is 5.75 Å². The molecular formula is C13H10Cl2O3S. The summed E-state index contributed by atoms with van der Waals surface area (Å²) in [6, 6.07) is 10.2. The van der Waals surface area contributed by atoms with Gasteiger partial charge in [0.1, 0.15) is 18.3 Å². The molecule has 1 N–H and O–H groups in total. The Labute approximate surface area is 124 Å². The number of thiophene rings is 1. The molecule has 6 heteroatoms. The zero-order valence-electron chi connectivity index (χ0n) is 9.68. The standard InChI is InChI=1S/C13H10Cl2O3S/c14-8-2-1-3-9(6-8)18-7-10(13(16)17)11-4-5-12(15)19-11/h1-6,10H,7H2,(H,16,17). The highest BCUT2D eigenvalue weighted by Gasteiger charge is 2.22.